The van der Waals surface area contributed by atoms with E-state index in [-0.39, 0.29) is 28.4 Å². The van der Waals surface area contributed by atoms with Crippen molar-refractivity contribution in [3.8, 4) is 6.07 Å². The molecule has 0 radical (unpaired) electrons. The van der Waals surface area contributed by atoms with Crippen LogP contribution in [0.5, 0.6) is 0 Å². The number of benzene rings is 3. The molecule has 38 heavy (non-hydrogen) atoms. The summed E-state index contributed by atoms with van der Waals surface area (Å²) in [6.45, 7) is 3.67. The second-order valence-corrected chi connectivity index (χ2v) is 10.4. The van der Waals surface area contributed by atoms with Crippen LogP contribution < -0.4 is 5.32 Å². The van der Waals surface area contributed by atoms with Crippen LogP contribution in [0.1, 0.15) is 44.3 Å². The van der Waals surface area contributed by atoms with E-state index in [0.29, 0.717) is 36.1 Å². The van der Waals surface area contributed by atoms with Gasteiger partial charge in [-0.3, -0.25) is 9.59 Å². The van der Waals surface area contributed by atoms with Crippen LogP contribution in [0.25, 0.3) is 0 Å². The largest absolute Gasteiger partial charge is 0.345 e. The number of hydrogen-bond acceptors (Lipinski definition) is 4. The zero-order valence-corrected chi connectivity index (χ0v) is 21.6. The third-order valence-corrected chi connectivity index (χ3v) is 7.86. The maximum Gasteiger partial charge on any atom is 0.258 e. The van der Waals surface area contributed by atoms with Crippen LogP contribution in [0.4, 0.5) is 4.39 Å². The molecule has 0 aliphatic carbocycles. The van der Waals surface area contributed by atoms with Gasteiger partial charge in [-0.1, -0.05) is 48.0 Å². The molecule has 1 N–H and O–H groups in total. The lowest BCUT2D eigenvalue weighted by molar-refractivity contribution is 0.0769. The minimum atomic E-state index is -0.587. The Bertz CT molecular complexity index is 1320. The van der Waals surface area contributed by atoms with Gasteiger partial charge in [-0.05, 0) is 60.2 Å². The van der Waals surface area contributed by atoms with Crippen LogP contribution in [0.3, 0.4) is 0 Å². The van der Waals surface area contributed by atoms with Crippen molar-refractivity contribution in [3.05, 3.63) is 106 Å². The number of nitriles is 1. The fourth-order valence-corrected chi connectivity index (χ4v) is 5.80. The maximum absolute atomic E-state index is 14.3. The summed E-state index contributed by atoms with van der Waals surface area (Å²) >= 11 is 6.12. The smallest absolute Gasteiger partial charge is 0.258 e. The number of nitrogens with zero attached hydrogens (tertiary/aromatic N) is 3. The number of likely N-dealkylation sites (tertiary alicyclic amines) is 2. The Morgan fingerprint density at radius 1 is 0.974 bits per heavy atom. The first-order chi connectivity index (χ1) is 18.4. The monoisotopic (exact) mass is 530 g/mol. The van der Waals surface area contributed by atoms with Crippen LogP contribution in [0.15, 0.2) is 72.8 Å². The number of rotatable bonds is 7. The van der Waals surface area contributed by atoms with Gasteiger partial charge in [0, 0.05) is 38.3 Å². The van der Waals surface area contributed by atoms with Gasteiger partial charge >= 0.3 is 0 Å². The number of carbonyl (C=O) groups is 2. The number of amides is 2. The lowest BCUT2D eigenvalue weighted by atomic mass is 10.0. The topological polar surface area (TPSA) is 76.4 Å². The van der Waals surface area contributed by atoms with E-state index >= 15 is 0 Å². The molecule has 194 valence electrons. The maximum atomic E-state index is 14.3. The average molecular weight is 531 g/mol. The molecule has 3 aromatic carbocycles. The van der Waals surface area contributed by atoms with Crippen molar-refractivity contribution in [2.75, 3.05) is 32.7 Å². The predicted molar refractivity (Wildman–Crippen MR) is 143 cm³/mol. The molecule has 0 spiro atoms. The molecule has 3 atom stereocenters. The fraction of sp³-hybridized carbons (Fsp3) is 0.300. The molecule has 0 saturated carbocycles. The zero-order valence-electron chi connectivity index (χ0n) is 20.8. The average Bonchev–Trinajstić information content (AvgIpc) is 3.50. The first-order valence-corrected chi connectivity index (χ1v) is 13.1. The van der Waals surface area contributed by atoms with Crippen LogP contribution in [0, 0.1) is 29.0 Å². The van der Waals surface area contributed by atoms with E-state index in [1.54, 1.807) is 35.2 Å². The number of fused-ring (bicyclic) bond motifs is 1. The Morgan fingerprint density at radius 3 is 2.29 bits per heavy atom. The summed E-state index contributed by atoms with van der Waals surface area (Å²) in [6.07, 6.45) is 0.735. The molecule has 2 heterocycles. The molecule has 0 aromatic heterocycles. The van der Waals surface area contributed by atoms with E-state index in [0.717, 1.165) is 31.6 Å². The van der Waals surface area contributed by atoms with Gasteiger partial charge in [-0.25, -0.2) is 4.39 Å². The highest BCUT2D eigenvalue weighted by atomic mass is 35.5. The lowest BCUT2D eigenvalue weighted by Gasteiger charge is -2.25. The molecule has 2 fully saturated rings. The fourth-order valence-electron chi connectivity index (χ4n) is 5.56. The first-order valence-electron chi connectivity index (χ1n) is 12.7. The molecule has 2 aliphatic heterocycles. The van der Waals surface area contributed by atoms with Crippen molar-refractivity contribution in [2.45, 2.75) is 12.5 Å². The van der Waals surface area contributed by atoms with Gasteiger partial charge in [-0.2, -0.15) is 5.26 Å². The molecule has 2 amide bonds. The highest BCUT2D eigenvalue weighted by Gasteiger charge is 2.42. The Labute approximate surface area is 226 Å². The molecule has 6 nitrogen and oxygen atoms in total. The van der Waals surface area contributed by atoms with Gasteiger partial charge < -0.3 is 15.1 Å². The van der Waals surface area contributed by atoms with E-state index in [4.69, 9.17) is 16.9 Å². The molecule has 3 unspecified atom stereocenters. The van der Waals surface area contributed by atoms with Crippen LogP contribution in [-0.4, -0.2) is 54.3 Å². The minimum absolute atomic E-state index is 0.0466. The number of hydrogen-bond donors (Lipinski definition) is 1. The van der Waals surface area contributed by atoms with Gasteiger partial charge in [-0.15, -0.1) is 0 Å². The van der Waals surface area contributed by atoms with Gasteiger partial charge in [0.05, 0.1) is 28.3 Å². The summed E-state index contributed by atoms with van der Waals surface area (Å²) in [5, 5.41) is 12.3. The minimum Gasteiger partial charge on any atom is -0.345 e. The Balaban J connectivity index is 1.19. The highest BCUT2D eigenvalue weighted by molar-refractivity contribution is 6.33. The molecule has 0 bridgehead atoms. The van der Waals surface area contributed by atoms with Crippen molar-refractivity contribution >= 4 is 23.4 Å². The van der Waals surface area contributed by atoms with E-state index in [2.05, 4.69) is 16.3 Å². The zero-order chi connectivity index (χ0) is 26.6. The Kier molecular flexibility index (Phi) is 7.73. The predicted octanol–water partition coefficient (Wildman–Crippen LogP) is 4.92. The van der Waals surface area contributed by atoms with Crippen molar-refractivity contribution < 1.29 is 14.0 Å². The lowest BCUT2D eigenvalue weighted by Crippen LogP contribution is -2.35. The van der Waals surface area contributed by atoms with Crippen LogP contribution in [0.2, 0.25) is 5.02 Å². The SMILES string of the molecule is N#Cc1ccc(C(=O)NC(CCN2CC3CN(C(=O)c4c(F)cccc4Cl)CC3C2)c2ccccc2)cc1. The standard InChI is InChI=1S/C30H28ClFN4O2/c31-25-7-4-8-26(32)28(25)30(38)36-18-23-16-35(17-24(23)19-36)14-13-27(21-5-2-1-3-6-21)34-29(37)22-11-9-20(15-33)10-12-22/h1-12,23-24,27H,13-14,16-19H2,(H,34,37). The molecular weight excluding hydrogens is 503 g/mol. The summed E-state index contributed by atoms with van der Waals surface area (Å²) in [4.78, 5) is 30.0. The summed E-state index contributed by atoms with van der Waals surface area (Å²) in [7, 11) is 0. The van der Waals surface area contributed by atoms with E-state index in [9.17, 15) is 14.0 Å². The third kappa shape index (κ3) is 5.57. The number of halogens is 2. The van der Waals surface area contributed by atoms with Crippen molar-refractivity contribution in [1.82, 2.24) is 15.1 Å². The van der Waals surface area contributed by atoms with Crippen molar-refractivity contribution in [1.29, 1.82) is 5.26 Å². The molecule has 5 rings (SSSR count). The first kappa shape index (κ1) is 25.9. The number of nitrogens with one attached hydrogen (secondary N) is 1. The molecule has 8 heteroatoms. The molecule has 3 aromatic rings. The summed E-state index contributed by atoms with van der Waals surface area (Å²) < 4.78 is 14.3. The highest BCUT2D eigenvalue weighted by Crippen LogP contribution is 2.33. The van der Waals surface area contributed by atoms with Crippen LogP contribution >= 0.6 is 11.6 Å². The molecule has 2 aliphatic rings. The van der Waals surface area contributed by atoms with E-state index in [1.807, 2.05) is 30.3 Å². The van der Waals surface area contributed by atoms with Gasteiger partial charge in [0.15, 0.2) is 0 Å². The quantitative estimate of drug-likeness (QED) is 0.470. The normalized spacial score (nSPS) is 19.6. The Hall–Kier alpha value is -3.73. The van der Waals surface area contributed by atoms with Gasteiger partial charge in [0.2, 0.25) is 0 Å². The third-order valence-electron chi connectivity index (χ3n) is 7.54. The molecule has 2 saturated heterocycles. The van der Waals surface area contributed by atoms with E-state index < -0.39 is 5.82 Å². The Morgan fingerprint density at radius 2 is 1.66 bits per heavy atom. The summed E-state index contributed by atoms with van der Waals surface area (Å²) in [5.41, 5.74) is 2.01. The summed E-state index contributed by atoms with van der Waals surface area (Å²) in [5.74, 6) is -0.455. The second-order valence-electron chi connectivity index (χ2n) is 10.0. The summed E-state index contributed by atoms with van der Waals surface area (Å²) in [6, 6.07) is 22.7. The van der Waals surface area contributed by atoms with Gasteiger partial charge in [0.25, 0.3) is 11.8 Å². The van der Waals surface area contributed by atoms with Crippen molar-refractivity contribution in [2.24, 2.45) is 11.8 Å². The second kappa shape index (κ2) is 11.3. The number of carbonyl (C=O) groups excluding carboxylic acids is 2. The van der Waals surface area contributed by atoms with E-state index in [1.165, 1.54) is 12.1 Å². The van der Waals surface area contributed by atoms with Crippen molar-refractivity contribution in [3.63, 3.8) is 0 Å². The van der Waals surface area contributed by atoms with Crippen LogP contribution in [-0.2, 0) is 0 Å². The molecular formula is C30H28ClFN4O2. The van der Waals surface area contributed by atoms with Gasteiger partial charge in [0.1, 0.15) is 5.82 Å².